The molecule has 1 amide bonds. The van der Waals surface area contributed by atoms with Crippen LogP contribution in [0.1, 0.15) is 27.3 Å². The molecule has 0 bridgehead atoms. The Morgan fingerprint density at radius 3 is 2.67 bits per heavy atom. The summed E-state index contributed by atoms with van der Waals surface area (Å²) in [5.41, 5.74) is 5.20. The van der Waals surface area contributed by atoms with Crippen LogP contribution in [0.4, 0.5) is 0 Å². The maximum absolute atomic E-state index is 12.5. The lowest BCUT2D eigenvalue weighted by atomic mass is 10.1. The number of ether oxygens (including phenoxy) is 1. The molecule has 3 aromatic rings. The summed E-state index contributed by atoms with van der Waals surface area (Å²) in [4.78, 5) is 19.8. The van der Waals surface area contributed by atoms with Gasteiger partial charge in [-0.3, -0.25) is 9.69 Å². The summed E-state index contributed by atoms with van der Waals surface area (Å²) in [6.07, 6.45) is 0.703. The van der Waals surface area contributed by atoms with Crippen molar-refractivity contribution in [1.29, 1.82) is 0 Å². The van der Waals surface area contributed by atoms with E-state index in [1.807, 2.05) is 31.2 Å². The van der Waals surface area contributed by atoms with Crippen molar-refractivity contribution < 1.29 is 9.53 Å². The number of morpholine rings is 1. The van der Waals surface area contributed by atoms with Crippen LogP contribution in [0.2, 0.25) is 0 Å². The van der Waals surface area contributed by atoms with Crippen molar-refractivity contribution >= 4 is 16.9 Å². The van der Waals surface area contributed by atoms with Crippen molar-refractivity contribution in [2.45, 2.75) is 26.8 Å². The van der Waals surface area contributed by atoms with Crippen molar-refractivity contribution in [1.82, 2.24) is 19.8 Å². The Hall–Kier alpha value is -2.70. The fraction of sp³-hybridized carbons (Fsp3) is 0.417. The molecule has 1 aliphatic rings. The second kappa shape index (κ2) is 9.41. The van der Waals surface area contributed by atoms with Crippen molar-refractivity contribution in [3.8, 4) is 0 Å². The summed E-state index contributed by atoms with van der Waals surface area (Å²) in [5, 5.41) is 3.05. The van der Waals surface area contributed by atoms with Crippen LogP contribution in [0, 0.1) is 13.8 Å². The molecule has 0 radical (unpaired) electrons. The normalized spacial score (nSPS) is 14.9. The lowest BCUT2D eigenvalue weighted by molar-refractivity contribution is 0.0364. The third-order valence-corrected chi connectivity index (χ3v) is 5.88. The summed E-state index contributed by atoms with van der Waals surface area (Å²) in [5.74, 6) is 0.985. The molecular formula is C24H30N4O2. The van der Waals surface area contributed by atoms with Crippen LogP contribution in [0.5, 0.6) is 0 Å². The summed E-state index contributed by atoms with van der Waals surface area (Å²) < 4.78 is 7.75. The molecule has 6 heteroatoms. The van der Waals surface area contributed by atoms with Gasteiger partial charge in [-0.25, -0.2) is 4.98 Å². The average Bonchev–Trinajstić information content (AvgIpc) is 3.12. The minimum absolute atomic E-state index is 0.0333. The van der Waals surface area contributed by atoms with E-state index in [2.05, 4.69) is 39.9 Å². The lowest BCUT2D eigenvalue weighted by Gasteiger charge is -2.27. The Morgan fingerprint density at radius 2 is 1.87 bits per heavy atom. The zero-order chi connectivity index (χ0) is 20.9. The Kier molecular flexibility index (Phi) is 6.45. The summed E-state index contributed by atoms with van der Waals surface area (Å²) in [6.45, 7) is 10.1. The topological polar surface area (TPSA) is 59.4 Å². The molecule has 1 fully saturated rings. The first kappa shape index (κ1) is 20.6. The van der Waals surface area contributed by atoms with E-state index in [0.29, 0.717) is 18.5 Å². The van der Waals surface area contributed by atoms with Gasteiger partial charge in [0.15, 0.2) is 0 Å². The first-order valence-electron chi connectivity index (χ1n) is 10.7. The van der Waals surface area contributed by atoms with E-state index < -0.39 is 0 Å². The van der Waals surface area contributed by atoms with Crippen LogP contribution < -0.4 is 5.32 Å². The smallest absolute Gasteiger partial charge is 0.251 e. The Balaban J connectivity index is 1.42. The molecule has 6 nitrogen and oxygen atoms in total. The number of hydrogen-bond donors (Lipinski definition) is 1. The fourth-order valence-corrected chi connectivity index (χ4v) is 3.90. The van der Waals surface area contributed by atoms with Crippen molar-refractivity contribution in [2.24, 2.45) is 0 Å². The molecule has 0 aliphatic carbocycles. The minimum Gasteiger partial charge on any atom is -0.379 e. The molecule has 4 rings (SSSR count). The number of hydrogen-bond acceptors (Lipinski definition) is 4. The molecule has 0 saturated carbocycles. The predicted molar refractivity (Wildman–Crippen MR) is 119 cm³/mol. The molecule has 2 aromatic carbocycles. The molecule has 0 atom stereocenters. The Morgan fingerprint density at radius 1 is 1.07 bits per heavy atom. The SMILES string of the molecule is Cc1ccc(C(=O)NCCc2nc3ccccc3n2CCN2CCOCC2)cc1C. The first-order chi connectivity index (χ1) is 14.6. The number of carbonyl (C=O) groups excluding carboxylic acids is 1. The van der Waals surface area contributed by atoms with Crippen LogP contribution in [-0.2, 0) is 17.7 Å². The number of imidazole rings is 1. The number of fused-ring (bicyclic) bond motifs is 1. The number of aryl methyl sites for hydroxylation is 2. The molecule has 2 heterocycles. The predicted octanol–water partition coefficient (Wildman–Crippen LogP) is 2.96. The highest BCUT2D eigenvalue weighted by molar-refractivity contribution is 5.94. The van der Waals surface area contributed by atoms with E-state index >= 15 is 0 Å². The zero-order valence-electron chi connectivity index (χ0n) is 17.9. The summed E-state index contributed by atoms with van der Waals surface area (Å²) >= 11 is 0. The number of para-hydroxylation sites is 2. The third-order valence-electron chi connectivity index (χ3n) is 5.88. The first-order valence-corrected chi connectivity index (χ1v) is 10.7. The summed E-state index contributed by atoms with van der Waals surface area (Å²) in [7, 11) is 0. The molecule has 30 heavy (non-hydrogen) atoms. The molecule has 1 saturated heterocycles. The van der Waals surface area contributed by atoms with E-state index in [1.165, 1.54) is 5.56 Å². The molecule has 1 aromatic heterocycles. The standard InChI is InChI=1S/C24H30N4O2/c1-18-7-8-20(17-19(18)2)24(29)25-10-9-23-26-21-5-3-4-6-22(21)28(23)12-11-27-13-15-30-16-14-27/h3-8,17H,9-16H2,1-2H3,(H,25,29). The van der Waals surface area contributed by atoms with Crippen LogP contribution in [0.25, 0.3) is 11.0 Å². The van der Waals surface area contributed by atoms with Crippen molar-refractivity contribution in [3.63, 3.8) is 0 Å². The van der Waals surface area contributed by atoms with Gasteiger partial charge in [0.25, 0.3) is 5.91 Å². The number of aromatic nitrogens is 2. The van der Waals surface area contributed by atoms with Gasteiger partial charge in [-0.1, -0.05) is 18.2 Å². The van der Waals surface area contributed by atoms with Crippen molar-refractivity contribution in [3.05, 3.63) is 65.0 Å². The van der Waals surface area contributed by atoms with Crippen LogP contribution in [-0.4, -0.2) is 59.8 Å². The number of rotatable bonds is 7. The zero-order valence-corrected chi connectivity index (χ0v) is 17.9. The van der Waals surface area contributed by atoms with E-state index in [1.54, 1.807) is 0 Å². The molecular weight excluding hydrogens is 376 g/mol. The molecule has 0 unspecified atom stereocenters. The molecule has 1 aliphatic heterocycles. The van der Waals surface area contributed by atoms with Gasteiger partial charge >= 0.3 is 0 Å². The van der Waals surface area contributed by atoms with Gasteiger partial charge in [0.1, 0.15) is 5.82 Å². The van der Waals surface area contributed by atoms with Gasteiger partial charge in [-0.2, -0.15) is 0 Å². The van der Waals surface area contributed by atoms with Gasteiger partial charge in [0.05, 0.1) is 24.2 Å². The molecule has 158 valence electrons. The Labute approximate surface area is 177 Å². The number of carbonyl (C=O) groups is 1. The molecule has 1 N–H and O–H groups in total. The number of nitrogens with one attached hydrogen (secondary N) is 1. The largest absolute Gasteiger partial charge is 0.379 e. The third kappa shape index (κ3) is 4.71. The second-order valence-corrected chi connectivity index (χ2v) is 7.93. The second-order valence-electron chi connectivity index (χ2n) is 7.93. The number of benzene rings is 2. The van der Waals surface area contributed by atoms with Gasteiger partial charge in [0, 0.05) is 44.7 Å². The van der Waals surface area contributed by atoms with Gasteiger partial charge in [-0.05, 0) is 49.2 Å². The Bertz CT molecular complexity index is 1020. The van der Waals surface area contributed by atoms with E-state index in [9.17, 15) is 4.79 Å². The van der Waals surface area contributed by atoms with Gasteiger partial charge < -0.3 is 14.6 Å². The van der Waals surface area contributed by atoms with Gasteiger partial charge in [0.2, 0.25) is 0 Å². The fourth-order valence-electron chi connectivity index (χ4n) is 3.90. The molecule has 0 spiro atoms. The summed E-state index contributed by atoms with van der Waals surface area (Å²) in [6, 6.07) is 14.1. The highest BCUT2D eigenvalue weighted by Gasteiger charge is 2.14. The van der Waals surface area contributed by atoms with Crippen LogP contribution in [0.3, 0.4) is 0 Å². The maximum atomic E-state index is 12.5. The van der Waals surface area contributed by atoms with Crippen LogP contribution in [0.15, 0.2) is 42.5 Å². The lowest BCUT2D eigenvalue weighted by Crippen LogP contribution is -2.38. The van der Waals surface area contributed by atoms with E-state index in [-0.39, 0.29) is 5.91 Å². The average molecular weight is 407 g/mol. The van der Waals surface area contributed by atoms with E-state index in [4.69, 9.17) is 9.72 Å². The van der Waals surface area contributed by atoms with Crippen molar-refractivity contribution in [2.75, 3.05) is 39.4 Å². The number of amides is 1. The minimum atomic E-state index is -0.0333. The highest BCUT2D eigenvalue weighted by Crippen LogP contribution is 2.17. The van der Waals surface area contributed by atoms with E-state index in [0.717, 1.165) is 61.8 Å². The highest BCUT2D eigenvalue weighted by atomic mass is 16.5. The quantitative estimate of drug-likeness (QED) is 0.655. The van der Waals surface area contributed by atoms with Crippen LogP contribution >= 0.6 is 0 Å². The number of nitrogens with zero attached hydrogens (tertiary/aromatic N) is 3. The van der Waals surface area contributed by atoms with Gasteiger partial charge in [-0.15, -0.1) is 0 Å². The maximum Gasteiger partial charge on any atom is 0.251 e. The monoisotopic (exact) mass is 406 g/mol.